The molecule has 8 heteroatoms. The zero-order valence-corrected chi connectivity index (χ0v) is 14.0. The predicted octanol–water partition coefficient (Wildman–Crippen LogP) is 0.896. The summed E-state index contributed by atoms with van der Waals surface area (Å²) in [6, 6.07) is 0.0619. The molecular formula is C15H21N5O2S. The number of likely N-dealkylation sites (tertiary alicyclic amines) is 1. The summed E-state index contributed by atoms with van der Waals surface area (Å²) in [5.74, 6) is 0.736. The Kier molecular flexibility index (Phi) is 4.74. The SMILES string of the molecule is CC(C)n1ccnc1CN1C[C@@H](O)[C@H](NC(=O)c2cscn2)C1. The first-order valence-electron chi connectivity index (χ1n) is 7.65. The average Bonchev–Trinajstić information content (AvgIpc) is 3.21. The van der Waals surface area contributed by atoms with Gasteiger partial charge < -0.3 is 15.0 Å². The number of thiazole rings is 1. The maximum absolute atomic E-state index is 12.1. The first-order chi connectivity index (χ1) is 11.0. The van der Waals surface area contributed by atoms with E-state index in [1.807, 2.05) is 6.20 Å². The zero-order valence-electron chi connectivity index (χ0n) is 13.2. The van der Waals surface area contributed by atoms with Crippen LogP contribution in [0.1, 0.15) is 36.2 Å². The second-order valence-electron chi connectivity index (χ2n) is 6.06. The molecule has 1 amide bonds. The number of nitrogens with zero attached hydrogens (tertiary/aromatic N) is 4. The van der Waals surface area contributed by atoms with Gasteiger partial charge in [-0.2, -0.15) is 0 Å². The number of carbonyl (C=O) groups excluding carboxylic acids is 1. The van der Waals surface area contributed by atoms with Gasteiger partial charge in [-0.05, 0) is 13.8 Å². The Bertz CT molecular complexity index is 655. The van der Waals surface area contributed by atoms with Crippen molar-refractivity contribution in [3.8, 4) is 0 Å². The third kappa shape index (κ3) is 3.60. The van der Waals surface area contributed by atoms with Gasteiger partial charge in [0.1, 0.15) is 11.5 Å². The summed E-state index contributed by atoms with van der Waals surface area (Å²) in [7, 11) is 0. The fourth-order valence-electron chi connectivity index (χ4n) is 2.84. The van der Waals surface area contributed by atoms with Crippen LogP contribution in [0.4, 0.5) is 0 Å². The topological polar surface area (TPSA) is 83.3 Å². The first kappa shape index (κ1) is 16.1. The van der Waals surface area contributed by atoms with E-state index >= 15 is 0 Å². The van der Waals surface area contributed by atoms with E-state index in [4.69, 9.17) is 0 Å². The number of hydrogen-bond acceptors (Lipinski definition) is 6. The Balaban J connectivity index is 1.60. The fraction of sp³-hybridized carbons (Fsp3) is 0.533. The number of hydrogen-bond donors (Lipinski definition) is 2. The molecule has 2 N–H and O–H groups in total. The highest BCUT2D eigenvalue weighted by Gasteiger charge is 2.33. The van der Waals surface area contributed by atoms with Gasteiger partial charge in [0.2, 0.25) is 0 Å². The maximum atomic E-state index is 12.1. The molecule has 1 fully saturated rings. The van der Waals surface area contributed by atoms with Crippen LogP contribution < -0.4 is 5.32 Å². The lowest BCUT2D eigenvalue weighted by atomic mass is 10.2. The van der Waals surface area contributed by atoms with Crippen molar-refractivity contribution in [1.82, 2.24) is 24.8 Å². The molecule has 23 heavy (non-hydrogen) atoms. The van der Waals surface area contributed by atoms with Crippen LogP contribution in [0.3, 0.4) is 0 Å². The van der Waals surface area contributed by atoms with Gasteiger partial charge in [0.25, 0.3) is 5.91 Å². The summed E-state index contributed by atoms with van der Waals surface area (Å²) in [4.78, 5) is 22.6. The van der Waals surface area contributed by atoms with E-state index in [2.05, 4.69) is 38.6 Å². The molecule has 1 aliphatic rings. The Hall–Kier alpha value is -1.77. The lowest BCUT2D eigenvalue weighted by molar-refractivity contribution is 0.0884. The number of nitrogens with one attached hydrogen (secondary N) is 1. The molecule has 124 valence electrons. The molecule has 0 bridgehead atoms. The van der Waals surface area contributed by atoms with Crippen molar-refractivity contribution in [3.05, 3.63) is 34.8 Å². The minimum absolute atomic E-state index is 0.235. The molecule has 0 unspecified atom stereocenters. The summed E-state index contributed by atoms with van der Waals surface area (Å²) in [6.45, 7) is 6.00. The number of β-amino-alcohol motifs (C(OH)–C–C–N with tert-alkyl or cyclic N) is 1. The van der Waals surface area contributed by atoms with Crippen LogP contribution in [-0.4, -0.2) is 55.7 Å². The fourth-order valence-corrected chi connectivity index (χ4v) is 3.37. The first-order valence-corrected chi connectivity index (χ1v) is 8.60. The highest BCUT2D eigenvalue weighted by atomic mass is 32.1. The number of aromatic nitrogens is 3. The van der Waals surface area contributed by atoms with Crippen molar-refractivity contribution in [1.29, 1.82) is 0 Å². The standard InChI is InChI=1S/C15H21N5O2S/c1-10(2)20-4-3-16-14(20)7-19-5-11(13(21)6-19)18-15(22)12-8-23-9-17-12/h3-4,8-11,13,21H,5-7H2,1-2H3,(H,18,22)/t11-,13-/m1/s1. The van der Waals surface area contributed by atoms with Crippen molar-refractivity contribution in [2.75, 3.05) is 13.1 Å². The van der Waals surface area contributed by atoms with Crippen LogP contribution in [-0.2, 0) is 6.54 Å². The molecule has 0 saturated carbocycles. The molecule has 1 aliphatic heterocycles. The van der Waals surface area contributed by atoms with Crippen LogP contribution in [0.15, 0.2) is 23.3 Å². The van der Waals surface area contributed by atoms with Gasteiger partial charge in [0.15, 0.2) is 0 Å². The largest absolute Gasteiger partial charge is 0.390 e. The smallest absolute Gasteiger partial charge is 0.271 e. The monoisotopic (exact) mass is 335 g/mol. The average molecular weight is 335 g/mol. The Morgan fingerprint density at radius 3 is 3.00 bits per heavy atom. The van der Waals surface area contributed by atoms with E-state index in [1.54, 1.807) is 17.1 Å². The molecule has 2 atom stereocenters. The van der Waals surface area contributed by atoms with Crippen molar-refractivity contribution >= 4 is 17.2 Å². The van der Waals surface area contributed by atoms with Gasteiger partial charge in [-0.25, -0.2) is 9.97 Å². The summed E-state index contributed by atoms with van der Waals surface area (Å²) in [5.41, 5.74) is 2.02. The number of imidazole rings is 1. The number of aliphatic hydroxyl groups excluding tert-OH is 1. The van der Waals surface area contributed by atoms with E-state index < -0.39 is 6.10 Å². The van der Waals surface area contributed by atoms with Crippen LogP contribution in [0, 0.1) is 0 Å². The minimum Gasteiger partial charge on any atom is -0.390 e. The van der Waals surface area contributed by atoms with Crippen molar-refractivity contribution in [3.63, 3.8) is 0 Å². The van der Waals surface area contributed by atoms with Crippen LogP contribution >= 0.6 is 11.3 Å². The van der Waals surface area contributed by atoms with Gasteiger partial charge in [-0.1, -0.05) is 0 Å². The van der Waals surface area contributed by atoms with Crippen molar-refractivity contribution < 1.29 is 9.90 Å². The van der Waals surface area contributed by atoms with Gasteiger partial charge in [0.05, 0.1) is 24.2 Å². The summed E-state index contributed by atoms with van der Waals surface area (Å²) < 4.78 is 2.12. The second kappa shape index (κ2) is 6.77. The highest BCUT2D eigenvalue weighted by molar-refractivity contribution is 7.07. The quantitative estimate of drug-likeness (QED) is 0.848. The summed E-state index contributed by atoms with van der Waals surface area (Å²) in [5, 5.41) is 14.8. The van der Waals surface area contributed by atoms with E-state index in [9.17, 15) is 9.90 Å². The van der Waals surface area contributed by atoms with Gasteiger partial charge in [0, 0.05) is 36.9 Å². The van der Waals surface area contributed by atoms with E-state index in [0.717, 1.165) is 5.82 Å². The molecular weight excluding hydrogens is 314 g/mol. The van der Waals surface area contributed by atoms with Crippen LogP contribution in [0.25, 0.3) is 0 Å². The Labute approximate surface area is 139 Å². The van der Waals surface area contributed by atoms with Crippen molar-refractivity contribution in [2.45, 2.75) is 38.6 Å². The number of amides is 1. The maximum Gasteiger partial charge on any atom is 0.271 e. The normalized spacial score (nSPS) is 21.9. The minimum atomic E-state index is -0.583. The molecule has 7 nitrogen and oxygen atoms in total. The van der Waals surface area contributed by atoms with Crippen LogP contribution in [0.5, 0.6) is 0 Å². The molecule has 0 aliphatic carbocycles. The Morgan fingerprint density at radius 1 is 1.48 bits per heavy atom. The predicted molar refractivity (Wildman–Crippen MR) is 87.3 cm³/mol. The number of rotatable bonds is 5. The molecule has 2 aromatic rings. The summed E-state index contributed by atoms with van der Waals surface area (Å²) >= 11 is 1.38. The molecule has 2 aromatic heterocycles. The molecule has 3 heterocycles. The summed E-state index contributed by atoms with van der Waals surface area (Å²) in [6.07, 6.45) is 3.18. The molecule has 0 aromatic carbocycles. The van der Waals surface area contributed by atoms with Crippen LogP contribution in [0.2, 0.25) is 0 Å². The van der Waals surface area contributed by atoms with Gasteiger partial charge in [-0.15, -0.1) is 11.3 Å². The molecule has 0 spiro atoms. The van der Waals surface area contributed by atoms with Gasteiger partial charge in [-0.3, -0.25) is 9.69 Å². The second-order valence-corrected chi connectivity index (χ2v) is 6.78. The van der Waals surface area contributed by atoms with E-state index in [0.29, 0.717) is 31.4 Å². The zero-order chi connectivity index (χ0) is 16.4. The molecule has 1 saturated heterocycles. The lowest BCUT2D eigenvalue weighted by Crippen LogP contribution is -2.42. The van der Waals surface area contributed by atoms with Crippen molar-refractivity contribution in [2.24, 2.45) is 0 Å². The van der Waals surface area contributed by atoms with Gasteiger partial charge >= 0.3 is 0 Å². The Morgan fingerprint density at radius 2 is 2.30 bits per heavy atom. The van der Waals surface area contributed by atoms with E-state index in [1.165, 1.54) is 11.3 Å². The molecule has 3 rings (SSSR count). The molecule has 0 radical (unpaired) electrons. The third-order valence-electron chi connectivity index (χ3n) is 4.02. The third-order valence-corrected chi connectivity index (χ3v) is 4.60. The number of aliphatic hydroxyl groups is 1. The van der Waals surface area contributed by atoms with E-state index in [-0.39, 0.29) is 11.9 Å². The highest BCUT2D eigenvalue weighted by Crippen LogP contribution is 2.16. The lowest BCUT2D eigenvalue weighted by Gasteiger charge is -2.18. The number of carbonyl (C=O) groups is 1.